The Balaban J connectivity index is 1.64. The molecule has 146 valence electrons. The average molecular weight is 385 g/mol. The summed E-state index contributed by atoms with van der Waals surface area (Å²) in [6, 6.07) is 4.57. The van der Waals surface area contributed by atoms with E-state index in [9.17, 15) is 19.2 Å². The van der Waals surface area contributed by atoms with Crippen molar-refractivity contribution in [1.29, 1.82) is 0 Å². The number of nitrogens with two attached hydrogens (primary N) is 1. The fraction of sp³-hybridized carbons (Fsp3) is 0.368. The first-order chi connectivity index (χ1) is 13.5. The number of hydrogen-bond donors (Lipinski definition) is 2. The van der Waals surface area contributed by atoms with Crippen molar-refractivity contribution in [3.05, 3.63) is 34.9 Å². The second-order valence-electron chi connectivity index (χ2n) is 6.25. The van der Waals surface area contributed by atoms with Crippen LogP contribution < -0.4 is 11.1 Å². The average Bonchev–Trinajstić information content (AvgIpc) is 2.98. The number of nitrogens with one attached hydrogen (secondary N) is 1. The molecule has 0 saturated carbocycles. The summed E-state index contributed by atoms with van der Waals surface area (Å²) < 4.78 is 9.75. The number of carbonyl (C=O) groups is 4. The summed E-state index contributed by atoms with van der Waals surface area (Å²) in [6.07, 6.45) is -0.341. The van der Waals surface area contributed by atoms with E-state index < -0.39 is 18.0 Å². The molecule has 1 aromatic rings. The molecule has 28 heavy (non-hydrogen) atoms. The van der Waals surface area contributed by atoms with Gasteiger partial charge in [0.1, 0.15) is 19.3 Å². The highest BCUT2D eigenvalue weighted by atomic mass is 16.6. The molecule has 1 fully saturated rings. The van der Waals surface area contributed by atoms with E-state index >= 15 is 0 Å². The van der Waals surface area contributed by atoms with Crippen LogP contribution in [0.1, 0.15) is 34.3 Å². The highest BCUT2D eigenvalue weighted by Crippen LogP contribution is 2.29. The molecule has 0 aliphatic carbocycles. The van der Waals surface area contributed by atoms with E-state index in [0.717, 1.165) is 5.56 Å². The largest absolute Gasteiger partial charge is 0.447 e. The zero-order valence-electron chi connectivity index (χ0n) is 15.0. The molecule has 2 aliphatic heterocycles. The van der Waals surface area contributed by atoms with E-state index in [-0.39, 0.29) is 44.6 Å². The molecule has 0 bridgehead atoms. The van der Waals surface area contributed by atoms with Gasteiger partial charge >= 0.3 is 6.09 Å². The normalized spacial score (nSPS) is 18.2. The van der Waals surface area contributed by atoms with Crippen molar-refractivity contribution in [2.24, 2.45) is 5.73 Å². The molecule has 9 heteroatoms. The van der Waals surface area contributed by atoms with Crippen molar-refractivity contribution in [3.8, 4) is 11.8 Å². The lowest BCUT2D eigenvalue weighted by molar-refractivity contribution is -0.136. The molecule has 0 spiro atoms. The number of nitrogens with zero attached hydrogens (tertiary/aromatic N) is 1. The molecule has 3 rings (SSSR count). The topological polar surface area (TPSA) is 128 Å². The van der Waals surface area contributed by atoms with Crippen LogP contribution in [0.4, 0.5) is 4.79 Å². The number of fused-ring (bicyclic) bond motifs is 1. The SMILES string of the molecule is NC(=O)OCCOCC#Cc1cccc2c1CN(C1CCC(=O)NC1=O)C2=O. The molecule has 3 N–H and O–H groups in total. The van der Waals surface area contributed by atoms with Crippen molar-refractivity contribution in [2.75, 3.05) is 19.8 Å². The zero-order chi connectivity index (χ0) is 20.1. The third kappa shape index (κ3) is 4.29. The van der Waals surface area contributed by atoms with Crippen LogP contribution in [0.3, 0.4) is 0 Å². The van der Waals surface area contributed by atoms with Crippen LogP contribution in [0.25, 0.3) is 0 Å². The first-order valence-corrected chi connectivity index (χ1v) is 8.72. The molecule has 4 amide bonds. The number of amides is 4. The van der Waals surface area contributed by atoms with E-state index in [1.807, 2.05) is 0 Å². The van der Waals surface area contributed by atoms with Crippen LogP contribution >= 0.6 is 0 Å². The van der Waals surface area contributed by atoms with Gasteiger partial charge in [-0.3, -0.25) is 19.7 Å². The van der Waals surface area contributed by atoms with Crippen LogP contribution in [-0.4, -0.2) is 54.6 Å². The van der Waals surface area contributed by atoms with E-state index in [1.165, 1.54) is 4.90 Å². The van der Waals surface area contributed by atoms with Crippen molar-refractivity contribution >= 4 is 23.8 Å². The van der Waals surface area contributed by atoms with Crippen LogP contribution in [-0.2, 0) is 25.6 Å². The number of rotatable bonds is 5. The predicted octanol–water partition coefficient (Wildman–Crippen LogP) is -0.0890. The number of primary amides is 1. The van der Waals surface area contributed by atoms with Gasteiger partial charge in [-0.1, -0.05) is 17.9 Å². The molecule has 0 aromatic heterocycles. The standard InChI is InChI=1S/C19H19N3O6/c20-19(26)28-10-9-27-8-2-4-12-3-1-5-13-14(12)11-22(18(13)25)15-6-7-16(23)21-17(15)24/h1,3,5,15H,6-11H2,(H2,20,26)(H,21,23,24). The second-order valence-corrected chi connectivity index (χ2v) is 6.25. The minimum absolute atomic E-state index is 0.0488. The lowest BCUT2D eigenvalue weighted by Gasteiger charge is -2.29. The first kappa shape index (κ1) is 19.4. The maximum absolute atomic E-state index is 12.7. The first-order valence-electron chi connectivity index (χ1n) is 8.72. The lowest BCUT2D eigenvalue weighted by Crippen LogP contribution is -2.52. The molecular weight excluding hydrogens is 366 g/mol. The Morgan fingerprint density at radius 1 is 1.29 bits per heavy atom. The van der Waals surface area contributed by atoms with Gasteiger partial charge in [-0.25, -0.2) is 4.79 Å². The summed E-state index contributed by atoms with van der Waals surface area (Å²) >= 11 is 0. The van der Waals surface area contributed by atoms with Gasteiger partial charge in [0.2, 0.25) is 11.8 Å². The maximum atomic E-state index is 12.7. The summed E-state index contributed by atoms with van der Waals surface area (Å²) in [5.74, 6) is 4.80. The molecule has 9 nitrogen and oxygen atoms in total. The molecular formula is C19H19N3O6. The molecule has 1 aromatic carbocycles. The van der Waals surface area contributed by atoms with E-state index in [2.05, 4.69) is 21.9 Å². The maximum Gasteiger partial charge on any atom is 0.404 e. The van der Waals surface area contributed by atoms with Crippen molar-refractivity contribution in [1.82, 2.24) is 10.2 Å². The zero-order valence-corrected chi connectivity index (χ0v) is 15.0. The van der Waals surface area contributed by atoms with Gasteiger partial charge in [-0.05, 0) is 24.1 Å². The van der Waals surface area contributed by atoms with Gasteiger partial charge in [-0.15, -0.1) is 0 Å². The smallest absolute Gasteiger partial charge is 0.404 e. The highest BCUT2D eigenvalue weighted by molar-refractivity contribution is 6.05. The minimum Gasteiger partial charge on any atom is -0.447 e. The monoisotopic (exact) mass is 385 g/mol. The van der Waals surface area contributed by atoms with E-state index in [1.54, 1.807) is 18.2 Å². The number of benzene rings is 1. The van der Waals surface area contributed by atoms with Gasteiger partial charge in [0.15, 0.2) is 0 Å². The molecule has 0 radical (unpaired) electrons. The van der Waals surface area contributed by atoms with Crippen molar-refractivity contribution in [2.45, 2.75) is 25.4 Å². The Morgan fingerprint density at radius 2 is 2.11 bits per heavy atom. The Labute approximate surface area is 161 Å². The summed E-state index contributed by atoms with van der Waals surface area (Å²) in [6.45, 7) is 0.606. The lowest BCUT2D eigenvalue weighted by atomic mass is 10.0. The quantitative estimate of drug-likeness (QED) is 0.414. The predicted molar refractivity (Wildman–Crippen MR) is 95.7 cm³/mol. The fourth-order valence-corrected chi connectivity index (χ4v) is 3.16. The number of imide groups is 1. The summed E-state index contributed by atoms with van der Waals surface area (Å²) in [5.41, 5.74) is 6.77. The van der Waals surface area contributed by atoms with Crippen LogP contribution in [0.2, 0.25) is 0 Å². The van der Waals surface area contributed by atoms with E-state index in [0.29, 0.717) is 17.5 Å². The van der Waals surface area contributed by atoms with Gasteiger partial charge in [-0.2, -0.15) is 0 Å². The number of carbonyl (C=O) groups excluding carboxylic acids is 4. The molecule has 2 aliphatic rings. The summed E-state index contributed by atoms with van der Waals surface area (Å²) in [5, 5.41) is 2.28. The fourth-order valence-electron chi connectivity index (χ4n) is 3.16. The van der Waals surface area contributed by atoms with Crippen LogP contribution in [0.5, 0.6) is 0 Å². The molecule has 1 saturated heterocycles. The number of piperidine rings is 1. The summed E-state index contributed by atoms with van der Waals surface area (Å²) in [7, 11) is 0. The summed E-state index contributed by atoms with van der Waals surface area (Å²) in [4.78, 5) is 48.1. The number of ether oxygens (including phenoxy) is 2. The Kier molecular flexibility index (Phi) is 5.91. The van der Waals surface area contributed by atoms with E-state index in [4.69, 9.17) is 10.5 Å². The Bertz CT molecular complexity index is 885. The molecule has 1 atom stereocenters. The van der Waals surface area contributed by atoms with Gasteiger partial charge < -0.3 is 20.1 Å². The van der Waals surface area contributed by atoms with Crippen LogP contribution in [0.15, 0.2) is 18.2 Å². The molecule has 1 unspecified atom stereocenters. The highest BCUT2D eigenvalue weighted by Gasteiger charge is 2.39. The Morgan fingerprint density at radius 3 is 2.86 bits per heavy atom. The van der Waals surface area contributed by atoms with Crippen molar-refractivity contribution < 1.29 is 28.7 Å². The van der Waals surface area contributed by atoms with Gasteiger partial charge in [0.05, 0.1) is 6.61 Å². The van der Waals surface area contributed by atoms with Gasteiger partial charge in [0.25, 0.3) is 5.91 Å². The third-order valence-electron chi connectivity index (χ3n) is 4.45. The van der Waals surface area contributed by atoms with Crippen molar-refractivity contribution in [3.63, 3.8) is 0 Å². The second kappa shape index (κ2) is 8.54. The number of hydrogen-bond acceptors (Lipinski definition) is 6. The Hall–Kier alpha value is -3.38. The minimum atomic E-state index is -0.861. The third-order valence-corrected chi connectivity index (χ3v) is 4.45. The van der Waals surface area contributed by atoms with Gasteiger partial charge in [0, 0.05) is 24.1 Å². The van der Waals surface area contributed by atoms with Crippen LogP contribution in [0, 0.1) is 11.8 Å². The molecule has 2 heterocycles.